The number of halogens is 2. The summed E-state index contributed by atoms with van der Waals surface area (Å²) >= 11 is 3.39. The number of piperazine rings is 1. The molecule has 3 rings (SSSR count). The van der Waals surface area contributed by atoms with Crippen molar-refractivity contribution in [2.24, 2.45) is 0 Å². The molecule has 132 valence electrons. The highest BCUT2D eigenvalue weighted by atomic mass is 79.9. The number of amides is 1. The van der Waals surface area contributed by atoms with Crippen LogP contribution in [0, 0.1) is 5.82 Å². The van der Waals surface area contributed by atoms with Gasteiger partial charge in [0.15, 0.2) is 6.04 Å². The Morgan fingerprint density at radius 1 is 1.12 bits per heavy atom. The Morgan fingerprint density at radius 3 is 2.32 bits per heavy atom. The van der Waals surface area contributed by atoms with Crippen LogP contribution in [0.25, 0.3) is 0 Å². The number of benzene rings is 2. The van der Waals surface area contributed by atoms with E-state index in [9.17, 15) is 9.18 Å². The molecule has 0 saturated carbocycles. The summed E-state index contributed by atoms with van der Waals surface area (Å²) in [7, 11) is 0. The lowest BCUT2D eigenvalue weighted by molar-refractivity contribution is -0.914. The third-order valence-electron chi connectivity index (χ3n) is 4.71. The minimum Gasteiger partial charge on any atom is -0.360 e. The topological polar surface area (TPSA) is 36.8 Å². The molecule has 1 aliphatic heterocycles. The maximum Gasteiger partial charge on any atom is 0.282 e. The van der Waals surface area contributed by atoms with Gasteiger partial charge in [-0.25, -0.2) is 4.39 Å². The molecule has 0 bridgehead atoms. The summed E-state index contributed by atoms with van der Waals surface area (Å²) in [4.78, 5) is 16.0. The molecule has 0 radical (unpaired) electrons. The van der Waals surface area contributed by atoms with Gasteiger partial charge in [-0.3, -0.25) is 4.79 Å². The molecule has 2 aromatic rings. The Labute approximate surface area is 155 Å². The number of hydrogen-bond donors (Lipinski definition) is 2. The zero-order valence-corrected chi connectivity index (χ0v) is 15.7. The van der Waals surface area contributed by atoms with Gasteiger partial charge in [-0.05, 0) is 55.5 Å². The van der Waals surface area contributed by atoms with Crippen LogP contribution in [0.4, 0.5) is 15.8 Å². The smallest absolute Gasteiger partial charge is 0.282 e. The number of carbonyl (C=O) groups excluding carboxylic acids is 1. The molecule has 0 aromatic heterocycles. The monoisotopic (exact) mass is 406 g/mol. The number of nitrogens with one attached hydrogen (secondary N) is 2. The highest BCUT2D eigenvalue weighted by Gasteiger charge is 2.29. The van der Waals surface area contributed by atoms with Crippen molar-refractivity contribution in [3.05, 3.63) is 58.8 Å². The zero-order valence-electron chi connectivity index (χ0n) is 14.1. The van der Waals surface area contributed by atoms with Gasteiger partial charge in [-0.2, -0.15) is 0 Å². The van der Waals surface area contributed by atoms with Gasteiger partial charge in [0.2, 0.25) is 0 Å². The van der Waals surface area contributed by atoms with Crippen molar-refractivity contribution in [2.45, 2.75) is 13.0 Å². The fourth-order valence-electron chi connectivity index (χ4n) is 3.11. The first-order valence-corrected chi connectivity index (χ1v) is 9.24. The first kappa shape index (κ1) is 17.9. The van der Waals surface area contributed by atoms with Gasteiger partial charge < -0.3 is 15.1 Å². The third-order valence-corrected chi connectivity index (χ3v) is 5.24. The molecule has 0 aliphatic carbocycles. The Bertz CT molecular complexity index is 712. The van der Waals surface area contributed by atoms with Crippen molar-refractivity contribution in [1.29, 1.82) is 0 Å². The summed E-state index contributed by atoms with van der Waals surface area (Å²) in [5.41, 5.74) is 1.84. The summed E-state index contributed by atoms with van der Waals surface area (Å²) in [6, 6.07) is 14.1. The van der Waals surface area contributed by atoms with E-state index in [1.807, 2.05) is 43.3 Å². The third kappa shape index (κ3) is 4.58. The van der Waals surface area contributed by atoms with Crippen molar-refractivity contribution in [2.75, 3.05) is 36.4 Å². The molecule has 2 N–H and O–H groups in total. The molecule has 1 atom stereocenters. The van der Waals surface area contributed by atoms with Gasteiger partial charge in [-0.15, -0.1) is 0 Å². The normalized spacial score (nSPS) is 16.5. The molecule has 1 heterocycles. The lowest BCUT2D eigenvalue weighted by Crippen LogP contribution is -3.19. The predicted octanol–water partition coefficient (Wildman–Crippen LogP) is 2.32. The minimum absolute atomic E-state index is 0.0348. The summed E-state index contributed by atoms with van der Waals surface area (Å²) in [5, 5.41) is 2.98. The molecule has 1 saturated heterocycles. The van der Waals surface area contributed by atoms with Crippen LogP contribution in [-0.2, 0) is 4.79 Å². The number of rotatable bonds is 4. The molecule has 25 heavy (non-hydrogen) atoms. The van der Waals surface area contributed by atoms with Crippen LogP contribution < -0.4 is 15.1 Å². The van der Waals surface area contributed by atoms with Crippen LogP contribution >= 0.6 is 15.9 Å². The fourth-order valence-corrected chi connectivity index (χ4v) is 3.37. The van der Waals surface area contributed by atoms with Crippen LogP contribution in [0.2, 0.25) is 0 Å². The molecule has 0 unspecified atom stereocenters. The largest absolute Gasteiger partial charge is 0.360 e. The molecule has 2 aromatic carbocycles. The van der Waals surface area contributed by atoms with Gasteiger partial charge in [0.1, 0.15) is 5.82 Å². The van der Waals surface area contributed by atoms with Crippen molar-refractivity contribution in [3.8, 4) is 0 Å². The summed E-state index contributed by atoms with van der Waals surface area (Å²) in [6.07, 6.45) is 0. The molecule has 0 spiro atoms. The number of carbonyl (C=O) groups is 1. The van der Waals surface area contributed by atoms with Crippen molar-refractivity contribution < 1.29 is 14.1 Å². The first-order valence-electron chi connectivity index (χ1n) is 8.44. The van der Waals surface area contributed by atoms with E-state index in [1.54, 1.807) is 0 Å². The van der Waals surface area contributed by atoms with E-state index in [1.165, 1.54) is 17.0 Å². The number of nitrogens with zero attached hydrogens (tertiary/aromatic N) is 1. The minimum atomic E-state index is -0.216. The second-order valence-electron chi connectivity index (χ2n) is 6.34. The van der Waals surface area contributed by atoms with E-state index in [4.69, 9.17) is 0 Å². The Morgan fingerprint density at radius 2 is 1.72 bits per heavy atom. The first-order chi connectivity index (χ1) is 12.0. The highest BCUT2D eigenvalue weighted by molar-refractivity contribution is 9.10. The van der Waals surface area contributed by atoms with E-state index in [0.29, 0.717) is 0 Å². The standard InChI is InChI=1S/C19H21BrFN3O/c1-14(19(25)22-17-6-2-15(20)3-7-17)23-10-12-24(13-11-23)18-8-4-16(21)5-9-18/h2-9,14H,10-13H2,1H3,(H,22,25)/p+1/t14-/m1/s1. The fraction of sp³-hybridized carbons (Fsp3) is 0.316. The number of quaternary nitrogens is 1. The Kier molecular flexibility index (Phi) is 5.71. The number of anilines is 2. The lowest BCUT2D eigenvalue weighted by Gasteiger charge is -2.36. The van der Waals surface area contributed by atoms with Crippen molar-refractivity contribution in [3.63, 3.8) is 0 Å². The predicted molar refractivity (Wildman–Crippen MR) is 102 cm³/mol. The molecular formula is C19H22BrFN3O+. The van der Waals surface area contributed by atoms with Gasteiger partial charge >= 0.3 is 0 Å². The average Bonchev–Trinajstić information content (AvgIpc) is 2.64. The Balaban J connectivity index is 1.53. The number of hydrogen-bond acceptors (Lipinski definition) is 2. The summed E-state index contributed by atoms with van der Waals surface area (Å²) in [6.45, 7) is 5.45. The maximum absolute atomic E-state index is 13.0. The van der Waals surface area contributed by atoms with E-state index < -0.39 is 0 Å². The lowest BCUT2D eigenvalue weighted by atomic mass is 10.2. The molecule has 1 fully saturated rings. The molecule has 4 nitrogen and oxygen atoms in total. The summed E-state index contributed by atoms with van der Waals surface area (Å²) in [5.74, 6) is -0.182. The highest BCUT2D eigenvalue weighted by Crippen LogP contribution is 2.15. The van der Waals surface area contributed by atoms with E-state index in [2.05, 4.69) is 26.1 Å². The van der Waals surface area contributed by atoms with E-state index in [-0.39, 0.29) is 17.8 Å². The van der Waals surface area contributed by atoms with Crippen LogP contribution in [0.15, 0.2) is 53.0 Å². The van der Waals surface area contributed by atoms with Crippen LogP contribution in [0.3, 0.4) is 0 Å². The molecule has 1 amide bonds. The molecule has 1 aliphatic rings. The second kappa shape index (κ2) is 7.97. The average molecular weight is 407 g/mol. The van der Waals surface area contributed by atoms with Crippen molar-refractivity contribution in [1.82, 2.24) is 0 Å². The molecular weight excluding hydrogens is 385 g/mol. The second-order valence-corrected chi connectivity index (χ2v) is 7.26. The zero-order chi connectivity index (χ0) is 17.8. The van der Waals surface area contributed by atoms with Crippen LogP contribution in [0.5, 0.6) is 0 Å². The quantitative estimate of drug-likeness (QED) is 0.817. The maximum atomic E-state index is 13.0. The van der Waals surface area contributed by atoms with Crippen molar-refractivity contribution >= 4 is 33.2 Å². The van der Waals surface area contributed by atoms with Gasteiger partial charge in [-0.1, -0.05) is 15.9 Å². The molecule has 6 heteroatoms. The SMILES string of the molecule is C[C@H](C(=O)Nc1ccc(Br)cc1)[NH+]1CCN(c2ccc(F)cc2)CC1. The van der Waals surface area contributed by atoms with Gasteiger partial charge in [0.05, 0.1) is 26.2 Å². The van der Waals surface area contributed by atoms with Gasteiger partial charge in [0.25, 0.3) is 5.91 Å². The van der Waals surface area contributed by atoms with E-state index in [0.717, 1.165) is 42.0 Å². The summed E-state index contributed by atoms with van der Waals surface area (Å²) < 4.78 is 14.0. The van der Waals surface area contributed by atoms with Crippen LogP contribution in [0.1, 0.15) is 6.92 Å². The van der Waals surface area contributed by atoms with Gasteiger partial charge in [0, 0.05) is 15.8 Å². The van der Waals surface area contributed by atoms with Crippen LogP contribution in [-0.4, -0.2) is 38.1 Å². The van der Waals surface area contributed by atoms with E-state index >= 15 is 0 Å². The Hall–Kier alpha value is -1.92.